The summed E-state index contributed by atoms with van der Waals surface area (Å²) in [7, 11) is 4.46. The molecule has 0 aliphatic carbocycles. The Bertz CT molecular complexity index is 825. The Morgan fingerprint density at radius 3 is 2.09 bits per heavy atom. The SMILES string of the molecule is CCOC(C[N+](C)(C)Cc1ccccc1)Oc1ccc(C(C)(C)CC(C)(C)C)cc1C.[Cl-]. The molecule has 0 aliphatic rings. The van der Waals surface area contributed by atoms with E-state index in [1.807, 2.05) is 6.92 Å². The highest BCUT2D eigenvalue weighted by atomic mass is 35.5. The zero-order chi connectivity index (χ0) is 23.3. The van der Waals surface area contributed by atoms with Gasteiger partial charge in [0.1, 0.15) is 18.8 Å². The predicted molar refractivity (Wildman–Crippen MR) is 131 cm³/mol. The van der Waals surface area contributed by atoms with Crippen LogP contribution in [-0.4, -0.2) is 38.0 Å². The minimum absolute atomic E-state index is 0. The summed E-state index contributed by atoms with van der Waals surface area (Å²) in [5, 5.41) is 0. The summed E-state index contributed by atoms with van der Waals surface area (Å²) >= 11 is 0. The van der Waals surface area contributed by atoms with Crippen LogP contribution in [0.3, 0.4) is 0 Å². The lowest BCUT2D eigenvalue weighted by atomic mass is 9.72. The first kappa shape index (κ1) is 28.5. The number of quaternary nitrogens is 1. The summed E-state index contributed by atoms with van der Waals surface area (Å²) in [6.07, 6.45) is 0.850. The van der Waals surface area contributed by atoms with Crippen LogP contribution in [0.4, 0.5) is 0 Å². The van der Waals surface area contributed by atoms with E-state index in [1.54, 1.807) is 0 Å². The van der Waals surface area contributed by atoms with Crippen molar-refractivity contribution in [2.24, 2.45) is 5.41 Å². The minimum atomic E-state index is -0.282. The Balaban J connectivity index is 0.00000512. The van der Waals surface area contributed by atoms with Crippen molar-refractivity contribution in [3.8, 4) is 5.75 Å². The molecule has 3 nitrogen and oxygen atoms in total. The summed E-state index contributed by atoms with van der Waals surface area (Å²) in [5.41, 5.74) is 4.26. The van der Waals surface area contributed by atoms with Crippen molar-refractivity contribution in [1.29, 1.82) is 0 Å². The van der Waals surface area contributed by atoms with Gasteiger partial charge in [-0.1, -0.05) is 77.1 Å². The summed E-state index contributed by atoms with van der Waals surface area (Å²) < 4.78 is 13.2. The van der Waals surface area contributed by atoms with E-state index >= 15 is 0 Å². The van der Waals surface area contributed by atoms with Gasteiger partial charge < -0.3 is 26.4 Å². The average Bonchev–Trinajstić information content (AvgIpc) is 2.61. The Labute approximate surface area is 203 Å². The van der Waals surface area contributed by atoms with Gasteiger partial charge in [0, 0.05) is 12.2 Å². The van der Waals surface area contributed by atoms with Crippen molar-refractivity contribution in [2.45, 2.75) is 73.1 Å². The van der Waals surface area contributed by atoms with E-state index < -0.39 is 0 Å². The molecule has 180 valence electrons. The monoisotopic (exact) mass is 461 g/mol. The number of rotatable bonds is 10. The topological polar surface area (TPSA) is 18.5 Å². The van der Waals surface area contributed by atoms with Gasteiger partial charge in [-0.3, -0.25) is 0 Å². The van der Waals surface area contributed by atoms with Crippen LogP contribution in [0.25, 0.3) is 0 Å². The molecule has 2 aromatic carbocycles. The fraction of sp³-hybridized carbons (Fsp3) is 0.571. The third-order valence-electron chi connectivity index (χ3n) is 5.64. The first-order valence-corrected chi connectivity index (χ1v) is 11.6. The molecule has 2 rings (SSSR count). The van der Waals surface area contributed by atoms with Crippen LogP contribution in [0.5, 0.6) is 5.75 Å². The maximum atomic E-state index is 6.39. The van der Waals surface area contributed by atoms with Crippen molar-refractivity contribution < 1.29 is 26.4 Å². The third-order valence-corrected chi connectivity index (χ3v) is 5.64. The smallest absolute Gasteiger partial charge is 0.249 e. The van der Waals surface area contributed by atoms with Crippen LogP contribution >= 0.6 is 0 Å². The molecule has 0 radical (unpaired) electrons. The molecule has 1 unspecified atom stereocenters. The first-order chi connectivity index (χ1) is 14.3. The largest absolute Gasteiger partial charge is 1.00 e. The normalized spacial score (nSPS) is 13.4. The average molecular weight is 462 g/mol. The second-order valence-corrected chi connectivity index (χ2v) is 11.4. The molecule has 0 aromatic heterocycles. The molecular weight excluding hydrogens is 418 g/mol. The molecule has 0 saturated heterocycles. The lowest BCUT2D eigenvalue weighted by Gasteiger charge is -2.34. The molecule has 0 spiro atoms. The molecule has 0 fully saturated rings. The van der Waals surface area contributed by atoms with Gasteiger partial charge in [0.2, 0.25) is 6.29 Å². The van der Waals surface area contributed by atoms with E-state index in [-0.39, 0.29) is 29.5 Å². The van der Waals surface area contributed by atoms with Gasteiger partial charge in [-0.25, -0.2) is 0 Å². The van der Waals surface area contributed by atoms with Crippen LogP contribution in [-0.2, 0) is 16.7 Å². The first-order valence-electron chi connectivity index (χ1n) is 11.6. The van der Waals surface area contributed by atoms with Crippen LogP contribution in [0, 0.1) is 12.3 Å². The number of hydrogen-bond acceptors (Lipinski definition) is 2. The summed E-state index contributed by atoms with van der Waals surface area (Å²) in [5.74, 6) is 0.911. The van der Waals surface area contributed by atoms with E-state index in [0.717, 1.165) is 35.3 Å². The van der Waals surface area contributed by atoms with Gasteiger partial charge in [0.25, 0.3) is 0 Å². The molecule has 32 heavy (non-hydrogen) atoms. The van der Waals surface area contributed by atoms with Crippen molar-refractivity contribution in [3.05, 3.63) is 65.2 Å². The molecule has 0 N–H and O–H groups in total. The molecular formula is C28H44ClNO2. The van der Waals surface area contributed by atoms with E-state index in [4.69, 9.17) is 9.47 Å². The van der Waals surface area contributed by atoms with Gasteiger partial charge in [0.05, 0.1) is 14.1 Å². The Kier molecular flexibility index (Phi) is 10.3. The second kappa shape index (κ2) is 11.5. The van der Waals surface area contributed by atoms with E-state index in [0.29, 0.717) is 6.61 Å². The molecule has 0 aliphatic heterocycles. The van der Waals surface area contributed by atoms with E-state index in [1.165, 1.54) is 11.1 Å². The third kappa shape index (κ3) is 9.13. The molecule has 0 saturated carbocycles. The molecule has 0 heterocycles. The van der Waals surface area contributed by atoms with Crippen LogP contribution in [0.2, 0.25) is 0 Å². The van der Waals surface area contributed by atoms with Crippen LogP contribution in [0.1, 0.15) is 64.7 Å². The van der Waals surface area contributed by atoms with Crippen molar-refractivity contribution >= 4 is 0 Å². The predicted octanol–water partition coefficient (Wildman–Crippen LogP) is 3.73. The van der Waals surface area contributed by atoms with E-state index in [9.17, 15) is 0 Å². The van der Waals surface area contributed by atoms with Gasteiger partial charge >= 0.3 is 0 Å². The lowest BCUT2D eigenvalue weighted by Crippen LogP contribution is -3.00. The highest BCUT2D eigenvalue weighted by molar-refractivity contribution is 5.39. The molecule has 1 atom stereocenters. The van der Waals surface area contributed by atoms with E-state index in [2.05, 4.69) is 104 Å². The van der Waals surface area contributed by atoms with Crippen molar-refractivity contribution in [3.63, 3.8) is 0 Å². The number of aryl methyl sites for hydroxylation is 1. The maximum Gasteiger partial charge on any atom is 0.249 e. The molecule has 0 amide bonds. The minimum Gasteiger partial charge on any atom is -1.00 e. The van der Waals surface area contributed by atoms with Crippen molar-refractivity contribution in [2.75, 3.05) is 27.2 Å². The summed E-state index contributed by atoms with van der Waals surface area (Å²) in [6.45, 7) is 18.1. The number of likely N-dealkylation sites (N-methyl/N-ethyl adjacent to an activating group) is 1. The number of halogens is 1. The lowest BCUT2D eigenvalue weighted by molar-refractivity contribution is -0.908. The standard InChI is InChI=1S/C28H44NO2.ClH/c1-10-30-26(20-29(8,9)19-23-14-12-11-13-15-23)31-25-17-16-24(18-22(25)2)28(6,7)21-27(3,4)5;/h11-18,26H,10,19-21H2,1-9H3;1H/q+1;/p-1. The van der Waals surface area contributed by atoms with Gasteiger partial charge in [-0.05, 0) is 48.3 Å². The number of hydrogen-bond donors (Lipinski definition) is 0. The fourth-order valence-corrected chi connectivity index (χ4v) is 4.63. The van der Waals surface area contributed by atoms with Gasteiger partial charge in [-0.15, -0.1) is 0 Å². The zero-order valence-corrected chi connectivity index (χ0v) is 22.4. The number of benzene rings is 2. The Morgan fingerprint density at radius 1 is 0.938 bits per heavy atom. The van der Waals surface area contributed by atoms with Gasteiger partial charge in [0.15, 0.2) is 0 Å². The Morgan fingerprint density at radius 2 is 1.56 bits per heavy atom. The second-order valence-electron chi connectivity index (χ2n) is 11.4. The number of ether oxygens (including phenoxy) is 2. The highest BCUT2D eigenvalue weighted by Gasteiger charge is 2.29. The summed E-state index contributed by atoms with van der Waals surface area (Å²) in [6, 6.07) is 17.2. The van der Waals surface area contributed by atoms with Crippen LogP contribution < -0.4 is 17.1 Å². The number of nitrogens with zero attached hydrogens (tertiary/aromatic N) is 1. The Hall–Kier alpha value is -1.55. The van der Waals surface area contributed by atoms with Gasteiger partial charge in [-0.2, -0.15) is 0 Å². The molecule has 0 bridgehead atoms. The summed E-state index contributed by atoms with van der Waals surface area (Å²) in [4.78, 5) is 0. The zero-order valence-electron chi connectivity index (χ0n) is 21.7. The van der Waals surface area contributed by atoms with Crippen LogP contribution in [0.15, 0.2) is 48.5 Å². The quantitative estimate of drug-likeness (QED) is 0.396. The molecule has 2 aromatic rings. The highest BCUT2D eigenvalue weighted by Crippen LogP contribution is 2.37. The maximum absolute atomic E-state index is 6.39. The van der Waals surface area contributed by atoms with Crippen molar-refractivity contribution in [1.82, 2.24) is 0 Å². The fourth-order valence-electron chi connectivity index (χ4n) is 4.63. The molecule has 4 heteroatoms.